The normalized spacial score (nSPS) is 10.1. The summed E-state index contributed by atoms with van der Waals surface area (Å²) in [6, 6.07) is 11.1. The third kappa shape index (κ3) is 5.04. The minimum atomic E-state index is -0.798. The van der Waals surface area contributed by atoms with Crippen LogP contribution >= 0.6 is 0 Å². The molecule has 0 fully saturated rings. The molecule has 0 aromatic heterocycles. The Morgan fingerprint density at radius 3 is 2.46 bits per heavy atom. The van der Waals surface area contributed by atoms with E-state index in [1.165, 1.54) is 12.1 Å². The van der Waals surface area contributed by atoms with Crippen molar-refractivity contribution in [2.24, 2.45) is 0 Å². The Morgan fingerprint density at radius 1 is 1.15 bits per heavy atom. The quantitative estimate of drug-likeness (QED) is 0.462. The maximum atomic E-state index is 11.9. The van der Waals surface area contributed by atoms with Crippen LogP contribution in [0.5, 0.6) is 5.75 Å². The van der Waals surface area contributed by atoms with Crippen LogP contribution < -0.4 is 10.1 Å². The van der Waals surface area contributed by atoms with E-state index in [2.05, 4.69) is 5.32 Å². The predicted molar refractivity (Wildman–Crippen MR) is 93.0 cm³/mol. The molecule has 0 radical (unpaired) electrons. The third-order valence-electron chi connectivity index (χ3n) is 3.62. The number of nitrogens with zero attached hydrogens (tertiary/aromatic N) is 1. The van der Waals surface area contributed by atoms with Crippen LogP contribution in [0.1, 0.15) is 21.5 Å². The lowest BCUT2D eigenvalue weighted by atomic mass is 10.1. The summed E-state index contributed by atoms with van der Waals surface area (Å²) < 4.78 is 9.94. The van der Waals surface area contributed by atoms with Gasteiger partial charge >= 0.3 is 5.97 Å². The van der Waals surface area contributed by atoms with Crippen LogP contribution in [0.25, 0.3) is 0 Å². The third-order valence-corrected chi connectivity index (χ3v) is 3.62. The first kappa shape index (κ1) is 18.9. The number of rotatable bonds is 7. The van der Waals surface area contributed by atoms with E-state index < -0.39 is 23.4 Å². The highest BCUT2D eigenvalue weighted by molar-refractivity contribution is 5.92. The average molecular weight is 358 g/mol. The van der Waals surface area contributed by atoms with Gasteiger partial charge in [0.1, 0.15) is 5.75 Å². The van der Waals surface area contributed by atoms with Gasteiger partial charge in [-0.3, -0.25) is 14.9 Å². The first-order chi connectivity index (χ1) is 12.4. The van der Waals surface area contributed by atoms with Gasteiger partial charge in [-0.05, 0) is 30.7 Å². The van der Waals surface area contributed by atoms with Crippen molar-refractivity contribution < 1.29 is 24.0 Å². The molecule has 8 heteroatoms. The summed E-state index contributed by atoms with van der Waals surface area (Å²) in [6.07, 6.45) is 0. The molecule has 0 bridgehead atoms. The molecule has 0 aliphatic heterocycles. The summed E-state index contributed by atoms with van der Waals surface area (Å²) in [6.45, 7) is 1.37. The Bertz CT molecular complexity index is 817. The number of hydrogen-bond donors (Lipinski definition) is 1. The van der Waals surface area contributed by atoms with E-state index in [0.29, 0.717) is 11.3 Å². The smallest absolute Gasteiger partial charge is 0.338 e. The van der Waals surface area contributed by atoms with Gasteiger partial charge in [0.25, 0.3) is 11.6 Å². The summed E-state index contributed by atoms with van der Waals surface area (Å²) in [5.74, 6) is -0.565. The number of nitrogens with one attached hydrogen (secondary N) is 1. The summed E-state index contributed by atoms with van der Waals surface area (Å²) in [7, 11) is 1.56. The molecule has 0 saturated heterocycles. The van der Waals surface area contributed by atoms with E-state index in [9.17, 15) is 19.7 Å². The summed E-state index contributed by atoms with van der Waals surface area (Å²) in [5.41, 5.74) is 1.14. The Hall–Kier alpha value is -3.42. The van der Waals surface area contributed by atoms with Gasteiger partial charge in [0.2, 0.25) is 0 Å². The Kier molecular flexibility index (Phi) is 6.26. The highest BCUT2D eigenvalue weighted by Gasteiger charge is 2.16. The Balaban J connectivity index is 1.85. The number of esters is 1. The van der Waals surface area contributed by atoms with Gasteiger partial charge in [-0.25, -0.2) is 4.79 Å². The molecule has 26 heavy (non-hydrogen) atoms. The maximum Gasteiger partial charge on any atom is 0.338 e. The number of carbonyl (C=O) groups is 2. The van der Waals surface area contributed by atoms with Crippen molar-refractivity contribution in [2.75, 3.05) is 13.7 Å². The zero-order valence-electron chi connectivity index (χ0n) is 14.4. The standard InChI is InChI=1S/C18H18N2O6/c1-12-3-6-14(9-16(12)20(23)24)18(22)26-11-17(21)19-10-13-4-7-15(25-2)8-5-13/h3-9H,10-11H2,1-2H3,(H,19,21). The SMILES string of the molecule is COc1ccc(CNC(=O)COC(=O)c2ccc(C)c([N+](=O)[O-])c2)cc1. The topological polar surface area (TPSA) is 108 Å². The lowest BCUT2D eigenvalue weighted by molar-refractivity contribution is -0.385. The van der Waals surface area contributed by atoms with Crippen LogP contribution in [0.3, 0.4) is 0 Å². The number of methoxy groups -OCH3 is 1. The van der Waals surface area contributed by atoms with Gasteiger partial charge in [-0.15, -0.1) is 0 Å². The number of hydrogen-bond acceptors (Lipinski definition) is 6. The molecule has 136 valence electrons. The Labute approximate surface area is 149 Å². The highest BCUT2D eigenvalue weighted by Crippen LogP contribution is 2.19. The second kappa shape index (κ2) is 8.61. The lowest BCUT2D eigenvalue weighted by Gasteiger charge is -2.08. The maximum absolute atomic E-state index is 11.9. The summed E-state index contributed by atoms with van der Waals surface area (Å²) >= 11 is 0. The van der Waals surface area contributed by atoms with Crippen LogP contribution in [0.2, 0.25) is 0 Å². The van der Waals surface area contributed by atoms with Crippen molar-refractivity contribution in [3.05, 3.63) is 69.3 Å². The van der Waals surface area contributed by atoms with E-state index in [-0.39, 0.29) is 17.8 Å². The van der Waals surface area contributed by atoms with Gasteiger partial charge in [0.05, 0.1) is 17.6 Å². The second-order valence-corrected chi connectivity index (χ2v) is 5.46. The molecule has 1 amide bonds. The van der Waals surface area contributed by atoms with Gasteiger partial charge in [0.15, 0.2) is 6.61 Å². The molecule has 2 aromatic rings. The largest absolute Gasteiger partial charge is 0.497 e. The molecule has 8 nitrogen and oxygen atoms in total. The van der Waals surface area contributed by atoms with Crippen LogP contribution in [0, 0.1) is 17.0 Å². The van der Waals surface area contributed by atoms with Gasteiger partial charge < -0.3 is 14.8 Å². The summed E-state index contributed by atoms with van der Waals surface area (Å²) in [4.78, 5) is 34.1. The first-order valence-corrected chi connectivity index (χ1v) is 7.72. The first-order valence-electron chi connectivity index (χ1n) is 7.72. The number of aryl methyl sites for hydroxylation is 1. The minimum absolute atomic E-state index is 0.0188. The molecule has 0 spiro atoms. The molecule has 2 rings (SSSR count). The predicted octanol–water partition coefficient (Wildman–Crippen LogP) is 2.39. The van der Waals surface area contributed by atoms with E-state index in [1.54, 1.807) is 38.3 Å². The van der Waals surface area contributed by atoms with Crippen LogP contribution in [-0.4, -0.2) is 30.5 Å². The fourth-order valence-electron chi connectivity index (χ4n) is 2.14. The van der Waals surface area contributed by atoms with Gasteiger partial charge in [0, 0.05) is 18.2 Å². The van der Waals surface area contributed by atoms with Gasteiger partial charge in [-0.1, -0.05) is 18.2 Å². The van der Waals surface area contributed by atoms with E-state index in [4.69, 9.17) is 9.47 Å². The number of amides is 1. The van der Waals surface area contributed by atoms with Crippen molar-refractivity contribution in [3.63, 3.8) is 0 Å². The number of ether oxygens (including phenoxy) is 2. The molecule has 0 atom stereocenters. The molecule has 0 unspecified atom stereocenters. The molecule has 1 N–H and O–H groups in total. The molecule has 2 aromatic carbocycles. The van der Waals surface area contributed by atoms with E-state index >= 15 is 0 Å². The fourth-order valence-corrected chi connectivity index (χ4v) is 2.14. The van der Waals surface area contributed by atoms with Crippen molar-refractivity contribution in [2.45, 2.75) is 13.5 Å². The van der Waals surface area contributed by atoms with E-state index in [0.717, 1.165) is 11.6 Å². The number of nitro benzene ring substituents is 1. The van der Waals surface area contributed by atoms with Crippen LogP contribution in [0.15, 0.2) is 42.5 Å². The number of carbonyl (C=O) groups excluding carboxylic acids is 2. The second-order valence-electron chi connectivity index (χ2n) is 5.46. The Morgan fingerprint density at radius 2 is 1.85 bits per heavy atom. The van der Waals surface area contributed by atoms with Gasteiger partial charge in [-0.2, -0.15) is 0 Å². The molecule has 0 saturated carbocycles. The molecule has 0 aliphatic carbocycles. The van der Waals surface area contributed by atoms with Crippen LogP contribution in [-0.2, 0) is 16.1 Å². The molecular weight excluding hydrogens is 340 g/mol. The number of benzene rings is 2. The minimum Gasteiger partial charge on any atom is -0.497 e. The molecule has 0 aliphatic rings. The number of nitro groups is 1. The van der Waals surface area contributed by atoms with Crippen molar-refractivity contribution >= 4 is 17.6 Å². The van der Waals surface area contributed by atoms with Crippen LogP contribution in [0.4, 0.5) is 5.69 Å². The monoisotopic (exact) mass is 358 g/mol. The molecular formula is C18H18N2O6. The zero-order valence-corrected chi connectivity index (χ0v) is 14.4. The van der Waals surface area contributed by atoms with Crippen molar-refractivity contribution in [1.29, 1.82) is 0 Å². The van der Waals surface area contributed by atoms with E-state index in [1.807, 2.05) is 0 Å². The van der Waals surface area contributed by atoms with Crippen molar-refractivity contribution in [3.8, 4) is 5.75 Å². The molecule has 0 heterocycles. The van der Waals surface area contributed by atoms with Crippen molar-refractivity contribution in [1.82, 2.24) is 5.32 Å². The lowest BCUT2D eigenvalue weighted by Crippen LogP contribution is -2.28. The highest BCUT2D eigenvalue weighted by atomic mass is 16.6. The fraction of sp³-hybridized carbons (Fsp3) is 0.222. The average Bonchev–Trinajstić information content (AvgIpc) is 2.64. The zero-order chi connectivity index (χ0) is 19.1. The summed E-state index contributed by atoms with van der Waals surface area (Å²) in [5, 5.41) is 13.5.